The molecule has 1 aliphatic rings. The van der Waals surface area contributed by atoms with Crippen LogP contribution in [0.3, 0.4) is 0 Å². The molecule has 5 heteroatoms. The third-order valence-corrected chi connectivity index (χ3v) is 4.66. The minimum absolute atomic E-state index is 0.0369. The van der Waals surface area contributed by atoms with Gasteiger partial charge in [-0.2, -0.15) is 0 Å². The number of urea groups is 1. The Morgan fingerprint density at radius 1 is 0.958 bits per heavy atom. The van der Waals surface area contributed by atoms with Gasteiger partial charge in [-0.25, -0.2) is 4.79 Å². The van der Waals surface area contributed by atoms with Gasteiger partial charge in [0.1, 0.15) is 0 Å². The molecule has 1 saturated carbocycles. The summed E-state index contributed by atoms with van der Waals surface area (Å²) in [5, 5.41) is 17.2. The van der Waals surface area contributed by atoms with Crippen molar-refractivity contribution in [3.05, 3.63) is 42.5 Å². The lowest BCUT2D eigenvalue weighted by molar-refractivity contribution is -0.142. The van der Waals surface area contributed by atoms with Crippen molar-refractivity contribution in [2.75, 3.05) is 5.32 Å². The van der Waals surface area contributed by atoms with E-state index in [2.05, 4.69) is 10.6 Å². The van der Waals surface area contributed by atoms with Crippen molar-refractivity contribution in [3.63, 3.8) is 0 Å². The number of nitrogens with one attached hydrogen (secondary N) is 2. The average molecular weight is 326 g/mol. The first-order chi connectivity index (χ1) is 11.6. The van der Waals surface area contributed by atoms with E-state index in [4.69, 9.17) is 5.11 Å². The van der Waals surface area contributed by atoms with Gasteiger partial charge in [0, 0.05) is 11.7 Å². The predicted octanol–water partition coefficient (Wildman–Crippen LogP) is 3.99. The highest BCUT2D eigenvalue weighted by Gasteiger charge is 2.24. The van der Waals surface area contributed by atoms with Gasteiger partial charge in [0.2, 0.25) is 0 Å². The van der Waals surface area contributed by atoms with Gasteiger partial charge in [0.15, 0.2) is 0 Å². The zero-order chi connectivity index (χ0) is 16.9. The van der Waals surface area contributed by atoms with Gasteiger partial charge in [-0.3, -0.25) is 4.79 Å². The second-order valence-electron chi connectivity index (χ2n) is 6.40. The summed E-state index contributed by atoms with van der Waals surface area (Å²) < 4.78 is 0. The topological polar surface area (TPSA) is 78.4 Å². The SMILES string of the molecule is O=C(Nc1ccc2ccccc2c1)NC1CCCC(C(=O)O)CC1. The molecule has 2 aromatic carbocycles. The Morgan fingerprint density at radius 3 is 2.54 bits per heavy atom. The van der Waals surface area contributed by atoms with Gasteiger partial charge < -0.3 is 15.7 Å². The van der Waals surface area contributed by atoms with Crippen molar-refractivity contribution < 1.29 is 14.7 Å². The molecule has 3 N–H and O–H groups in total. The van der Waals surface area contributed by atoms with Crippen LogP contribution in [-0.2, 0) is 4.79 Å². The van der Waals surface area contributed by atoms with E-state index < -0.39 is 5.97 Å². The molecule has 5 nitrogen and oxygen atoms in total. The number of hydrogen-bond donors (Lipinski definition) is 3. The monoisotopic (exact) mass is 326 g/mol. The Labute approximate surface area is 141 Å². The standard InChI is InChI=1S/C19H22N2O3/c22-18(23)14-6-3-7-16(10-9-14)20-19(24)21-17-11-8-13-4-1-2-5-15(13)12-17/h1-2,4-5,8,11-12,14,16H,3,6-7,9-10H2,(H,22,23)(H2,20,21,24). The van der Waals surface area contributed by atoms with Crippen LogP contribution in [0.1, 0.15) is 32.1 Å². The van der Waals surface area contributed by atoms with Crippen molar-refractivity contribution in [1.82, 2.24) is 5.32 Å². The highest BCUT2D eigenvalue weighted by Crippen LogP contribution is 2.24. The summed E-state index contributed by atoms with van der Waals surface area (Å²) in [5.41, 5.74) is 0.753. The lowest BCUT2D eigenvalue weighted by Gasteiger charge is -2.17. The molecule has 126 valence electrons. The van der Waals surface area contributed by atoms with Gasteiger partial charge in [0.25, 0.3) is 0 Å². The van der Waals surface area contributed by atoms with E-state index in [1.54, 1.807) is 0 Å². The lowest BCUT2D eigenvalue weighted by Crippen LogP contribution is -2.37. The predicted molar refractivity (Wildman–Crippen MR) is 94.1 cm³/mol. The number of carbonyl (C=O) groups is 2. The minimum atomic E-state index is -0.726. The maximum atomic E-state index is 12.2. The number of carbonyl (C=O) groups excluding carboxylic acids is 1. The van der Waals surface area contributed by atoms with Gasteiger partial charge in [-0.1, -0.05) is 36.8 Å². The normalized spacial score (nSPS) is 21.0. The van der Waals surface area contributed by atoms with Crippen LogP contribution in [0.15, 0.2) is 42.5 Å². The Morgan fingerprint density at radius 2 is 1.75 bits per heavy atom. The molecule has 2 aromatic rings. The molecular formula is C19H22N2O3. The van der Waals surface area contributed by atoms with Crippen LogP contribution < -0.4 is 10.6 Å². The Kier molecular flexibility index (Phi) is 4.99. The molecule has 0 radical (unpaired) electrons. The molecule has 0 spiro atoms. The van der Waals surface area contributed by atoms with Crippen LogP contribution in [0.2, 0.25) is 0 Å². The zero-order valence-electron chi connectivity index (χ0n) is 13.5. The van der Waals surface area contributed by atoms with Gasteiger partial charge >= 0.3 is 12.0 Å². The van der Waals surface area contributed by atoms with Gasteiger partial charge in [-0.05, 0) is 48.6 Å². The summed E-state index contributed by atoms with van der Waals surface area (Å²) in [6.07, 6.45) is 3.69. The van der Waals surface area contributed by atoms with Crippen LogP contribution in [0.4, 0.5) is 10.5 Å². The highest BCUT2D eigenvalue weighted by atomic mass is 16.4. The van der Waals surface area contributed by atoms with E-state index in [0.29, 0.717) is 19.3 Å². The number of rotatable bonds is 3. The van der Waals surface area contributed by atoms with Gasteiger partial charge in [-0.15, -0.1) is 0 Å². The Hall–Kier alpha value is -2.56. The number of aliphatic carboxylic acids is 1. The molecule has 3 rings (SSSR count). The minimum Gasteiger partial charge on any atom is -0.481 e. The summed E-state index contributed by atoms with van der Waals surface area (Å²) in [6.45, 7) is 0. The Bertz CT molecular complexity index is 744. The molecule has 2 amide bonds. The fourth-order valence-electron chi connectivity index (χ4n) is 3.31. The average Bonchev–Trinajstić information content (AvgIpc) is 2.80. The smallest absolute Gasteiger partial charge is 0.319 e. The van der Waals surface area contributed by atoms with E-state index in [1.807, 2.05) is 42.5 Å². The summed E-state index contributed by atoms with van der Waals surface area (Å²) in [4.78, 5) is 23.3. The van der Waals surface area contributed by atoms with Crippen LogP contribution in [0.5, 0.6) is 0 Å². The van der Waals surface area contributed by atoms with Crippen molar-refractivity contribution in [3.8, 4) is 0 Å². The van der Waals surface area contributed by atoms with E-state index in [1.165, 1.54) is 0 Å². The molecule has 2 unspecified atom stereocenters. The van der Waals surface area contributed by atoms with E-state index in [0.717, 1.165) is 29.3 Å². The number of hydrogen-bond acceptors (Lipinski definition) is 2. The molecule has 0 aromatic heterocycles. The van der Waals surface area contributed by atoms with E-state index in [-0.39, 0.29) is 18.0 Å². The maximum absolute atomic E-state index is 12.2. The van der Waals surface area contributed by atoms with Crippen LogP contribution >= 0.6 is 0 Å². The molecule has 2 atom stereocenters. The van der Waals surface area contributed by atoms with Crippen LogP contribution in [-0.4, -0.2) is 23.1 Å². The van der Waals surface area contributed by atoms with Crippen molar-refractivity contribution in [2.45, 2.75) is 38.1 Å². The maximum Gasteiger partial charge on any atom is 0.319 e. The third kappa shape index (κ3) is 4.04. The molecule has 1 fully saturated rings. The Balaban J connectivity index is 1.57. The number of carboxylic acid groups (broad SMARTS) is 1. The van der Waals surface area contributed by atoms with Crippen molar-refractivity contribution in [1.29, 1.82) is 0 Å². The zero-order valence-corrected chi connectivity index (χ0v) is 13.5. The van der Waals surface area contributed by atoms with Crippen LogP contribution in [0.25, 0.3) is 10.8 Å². The number of carboxylic acids is 1. The summed E-state index contributed by atoms with van der Waals surface area (Å²) in [5.74, 6) is -1.00. The third-order valence-electron chi connectivity index (χ3n) is 4.66. The molecule has 0 aliphatic heterocycles. The quantitative estimate of drug-likeness (QED) is 0.746. The summed E-state index contributed by atoms with van der Waals surface area (Å²) in [6, 6.07) is 13.6. The molecule has 0 bridgehead atoms. The largest absolute Gasteiger partial charge is 0.481 e. The first-order valence-electron chi connectivity index (χ1n) is 8.41. The number of fused-ring (bicyclic) bond motifs is 1. The number of anilines is 1. The van der Waals surface area contributed by atoms with Crippen LogP contribution in [0, 0.1) is 5.92 Å². The number of amides is 2. The number of benzene rings is 2. The highest BCUT2D eigenvalue weighted by molar-refractivity contribution is 5.93. The summed E-state index contributed by atoms with van der Waals surface area (Å²) >= 11 is 0. The fraction of sp³-hybridized carbons (Fsp3) is 0.368. The van der Waals surface area contributed by atoms with E-state index >= 15 is 0 Å². The molecule has 1 aliphatic carbocycles. The molecule has 0 heterocycles. The second kappa shape index (κ2) is 7.34. The second-order valence-corrected chi connectivity index (χ2v) is 6.40. The van der Waals surface area contributed by atoms with Gasteiger partial charge in [0.05, 0.1) is 5.92 Å². The first-order valence-corrected chi connectivity index (χ1v) is 8.41. The molecular weight excluding hydrogens is 304 g/mol. The lowest BCUT2D eigenvalue weighted by atomic mass is 10.0. The van der Waals surface area contributed by atoms with Crippen molar-refractivity contribution >= 4 is 28.5 Å². The first kappa shape index (κ1) is 16.3. The molecule has 24 heavy (non-hydrogen) atoms. The summed E-state index contributed by atoms with van der Waals surface area (Å²) in [7, 11) is 0. The van der Waals surface area contributed by atoms with E-state index in [9.17, 15) is 9.59 Å². The van der Waals surface area contributed by atoms with Crippen molar-refractivity contribution in [2.24, 2.45) is 5.92 Å². The fourth-order valence-corrected chi connectivity index (χ4v) is 3.31. The molecule has 0 saturated heterocycles.